The van der Waals surface area contributed by atoms with Crippen molar-refractivity contribution in [2.45, 2.75) is 43.8 Å². The molecule has 0 spiro atoms. The minimum absolute atomic E-state index is 0.627. The van der Waals surface area contributed by atoms with E-state index in [-0.39, 0.29) is 0 Å². The maximum atomic E-state index is 5.17. The Hall–Kier alpha value is -1.22. The number of piperidine rings is 1. The van der Waals surface area contributed by atoms with E-state index in [1.54, 1.807) is 7.11 Å². The van der Waals surface area contributed by atoms with Gasteiger partial charge in [-0.25, -0.2) is 0 Å². The van der Waals surface area contributed by atoms with Crippen molar-refractivity contribution in [3.63, 3.8) is 0 Å². The van der Waals surface area contributed by atoms with E-state index in [1.807, 2.05) is 12.1 Å². The number of hydrogen-bond acceptors (Lipinski definition) is 3. The van der Waals surface area contributed by atoms with E-state index in [2.05, 4.69) is 22.8 Å². The summed E-state index contributed by atoms with van der Waals surface area (Å²) < 4.78 is 5.17. The largest absolute Gasteiger partial charge is 0.497 e. The molecule has 2 atom stereocenters. The van der Waals surface area contributed by atoms with Gasteiger partial charge < -0.3 is 15.4 Å². The second-order valence-corrected chi connectivity index (χ2v) is 5.18. The molecule has 2 bridgehead atoms. The van der Waals surface area contributed by atoms with Crippen molar-refractivity contribution in [2.24, 2.45) is 0 Å². The summed E-state index contributed by atoms with van der Waals surface area (Å²) in [4.78, 5) is 0. The second kappa shape index (κ2) is 4.57. The zero-order valence-electron chi connectivity index (χ0n) is 10.3. The summed E-state index contributed by atoms with van der Waals surface area (Å²) in [5.74, 6) is 0.918. The van der Waals surface area contributed by atoms with Gasteiger partial charge in [-0.3, -0.25) is 0 Å². The summed E-state index contributed by atoms with van der Waals surface area (Å²) >= 11 is 0. The maximum Gasteiger partial charge on any atom is 0.119 e. The van der Waals surface area contributed by atoms with E-state index in [1.165, 1.54) is 31.4 Å². The molecule has 2 unspecified atom stereocenters. The Morgan fingerprint density at radius 1 is 1.12 bits per heavy atom. The van der Waals surface area contributed by atoms with Crippen molar-refractivity contribution in [3.05, 3.63) is 24.3 Å². The fourth-order valence-corrected chi connectivity index (χ4v) is 3.10. The molecule has 3 rings (SSSR count). The highest BCUT2D eigenvalue weighted by Crippen LogP contribution is 2.29. The summed E-state index contributed by atoms with van der Waals surface area (Å²) in [6.07, 6.45) is 5.21. The number of benzene rings is 1. The smallest absolute Gasteiger partial charge is 0.119 e. The van der Waals surface area contributed by atoms with Gasteiger partial charge in [-0.05, 0) is 49.9 Å². The first-order valence-electron chi connectivity index (χ1n) is 6.50. The van der Waals surface area contributed by atoms with Crippen LogP contribution in [0.1, 0.15) is 25.7 Å². The molecular weight excluding hydrogens is 212 g/mol. The molecule has 2 N–H and O–H groups in total. The standard InChI is InChI=1S/C14H20N2O/c1-17-14-6-4-10(5-7-14)15-13-8-11-2-3-12(9-13)16-11/h4-7,11-13,15-16H,2-3,8-9H2,1H3. The third kappa shape index (κ3) is 2.39. The normalized spacial score (nSPS) is 31.2. The monoisotopic (exact) mass is 232 g/mol. The fourth-order valence-electron chi connectivity index (χ4n) is 3.10. The van der Waals surface area contributed by atoms with Crippen molar-refractivity contribution >= 4 is 5.69 Å². The highest BCUT2D eigenvalue weighted by atomic mass is 16.5. The van der Waals surface area contributed by atoms with E-state index in [0.717, 1.165) is 17.8 Å². The number of nitrogens with one attached hydrogen (secondary N) is 2. The molecule has 0 amide bonds. The number of fused-ring (bicyclic) bond motifs is 2. The van der Waals surface area contributed by atoms with Gasteiger partial charge in [-0.15, -0.1) is 0 Å². The Bertz CT molecular complexity index is 364. The van der Waals surface area contributed by atoms with Gasteiger partial charge in [0.2, 0.25) is 0 Å². The van der Waals surface area contributed by atoms with Gasteiger partial charge in [0.1, 0.15) is 5.75 Å². The van der Waals surface area contributed by atoms with Gasteiger partial charge in [0, 0.05) is 23.8 Å². The van der Waals surface area contributed by atoms with Crippen LogP contribution in [0.2, 0.25) is 0 Å². The lowest BCUT2D eigenvalue weighted by Crippen LogP contribution is -2.43. The lowest BCUT2D eigenvalue weighted by molar-refractivity contribution is 0.378. The average molecular weight is 232 g/mol. The minimum Gasteiger partial charge on any atom is -0.497 e. The van der Waals surface area contributed by atoms with Crippen molar-refractivity contribution in [2.75, 3.05) is 12.4 Å². The van der Waals surface area contributed by atoms with Gasteiger partial charge in [-0.1, -0.05) is 0 Å². The van der Waals surface area contributed by atoms with Crippen LogP contribution < -0.4 is 15.4 Å². The molecule has 3 nitrogen and oxygen atoms in total. The summed E-state index contributed by atoms with van der Waals surface area (Å²) in [6.45, 7) is 0. The zero-order valence-corrected chi connectivity index (χ0v) is 10.3. The van der Waals surface area contributed by atoms with Crippen molar-refractivity contribution in [1.82, 2.24) is 5.32 Å². The summed E-state index contributed by atoms with van der Waals surface area (Å²) in [7, 11) is 1.70. The Morgan fingerprint density at radius 3 is 2.35 bits per heavy atom. The fraction of sp³-hybridized carbons (Fsp3) is 0.571. The van der Waals surface area contributed by atoms with Crippen molar-refractivity contribution in [3.8, 4) is 5.75 Å². The first-order valence-corrected chi connectivity index (χ1v) is 6.50. The molecule has 2 aliphatic rings. The lowest BCUT2D eigenvalue weighted by Gasteiger charge is -2.30. The number of hydrogen-bond donors (Lipinski definition) is 2. The molecule has 3 heteroatoms. The highest BCUT2D eigenvalue weighted by Gasteiger charge is 2.33. The lowest BCUT2D eigenvalue weighted by atomic mass is 9.99. The number of ether oxygens (including phenoxy) is 1. The van der Waals surface area contributed by atoms with Gasteiger partial charge in [0.05, 0.1) is 7.11 Å². The SMILES string of the molecule is COc1ccc(NC2CC3CCC(C2)N3)cc1. The molecule has 92 valence electrons. The second-order valence-electron chi connectivity index (χ2n) is 5.18. The average Bonchev–Trinajstić information content (AvgIpc) is 2.70. The molecule has 0 radical (unpaired) electrons. The van der Waals surface area contributed by atoms with E-state index in [4.69, 9.17) is 4.74 Å². The molecule has 17 heavy (non-hydrogen) atoms. The molecule has 2 heterocycles. The zero-order chi connectivity index (χ0) is 11.7. The van der Waals surface area contributed by atoms with Gasteiger partial charge >= 0.3 is 0 Å². The van der Waals surface area contributed by atoms with E-state index in [0.29, 0.717) is 6.04 Å². The molecule has 0 aliphatic carbocycles. The topological polar surface area (TPSA) is 33.3 Å². The van der Waals surface area contributed by atoms with Crippen LogP contribution in [0.15, 0.2) is 24.3 Å². The Labute approximate surface area is 103 Å². The summed E-state index contributed by atoms with van der Waals surface area (Å²) in [6, 6.07) is 10.3. The molecular formula is C14H20N2O. The molecule has 2 saturated heterocycles. The van der Waals surface area contributed by atoms with Gasteiger partial charge in [0.15, 0.2) is 0 Å². The molecule has 1 aromatic carbocycles. The highest BCUT2D eigenvalue weighted by molar-refractivity contribution is 5.47. The van der Waals surface area contributed by atoms with Gasteiger partial charge in [-0.2, -0.15) is 0 Å². The summed E-state index contributed by atoms with van der Waals surface area (Å²) in [5, 5.41) is 7.30. The van der Waals surface area contributed by atoms with Crippen molar-refractivity contribution < 1.29 is 4.74 Å². The first kappa shape index (κ1) is 10.9. The Kier molecular flexibility index (Phi) is 2.93. The van der Waals surface area contributed by atoms with Crippen LogP contribution in [-0.4, -0.2) is 25.2 Å². The number of methoxy groups -OCH3 is 1. The van der Waals surface area contributed by atoms with Crippen molar-refractivity contribution in [1.29, 1.82) is 0 Å². The molecule has 1 aromatic rings. The molecule has 2 fully saturated rings. The van der Waals surface area contributed by atoms with Crippen LogP contribution in [0, 0.1) is 0 Å². The van der Waals surface area contributed by atoms with E-state index in [9.17, 15) is 0 Å². The van der Waals surface area contributed by atoms with E-state index < -0.39 is 0 Å². The van der Waals surface area contributed by atoms with Crippen LogP contribution in [0.4, 0.5) is 5.69 Å². The van der Waals surface area contributed by atoms with Crippen LogP contribution >= 0.6 is 0 Å². The number of anilines is 1. The maximum absolute atomic E-state index is 5.17. The summed E-state index contributed by atoms with van der Waals surface area (Å²) in [5.41, 5.74) is 1.21. The Balaban J connectivity index is 1.62. The minimum atomic E-state index is 0.627. The molecule has 0 aromatic heterocycles. The Morgan fingerprint density at radius 2 is 1.76 bits per heavy atom. The van der Waals surface area contributed by atoms with Crippen LogP contribution in [0.3, 0.4) is 0 Å². The van der Waals surface area contributed by atoms with Crippen LogP contribution in [0.5, 0.6) is 5.75 Å². The first-order chi connectivity index (χ1) is 8.33. The third-order valence-electron chi connectivity index (χ3n) is 3.93. The third-order valence-corrected chi connectivity index (χ3v) is 3.93. The van der Waals surface area contributed by atoms with Crippen LogP contribution in [0.25, 0.3) is 0 Å². The predicted octanol–water partition coefficient (Wildman–Crippen LogP) is 2.39. The predicted molar refractivity (Wildman–Crippen MR) is 69.6 cm³/mol. The quantitative estimate of drug-likeness (QED) is 0.839. The van der Waals surface area contributed by atoms with E-state index >= 15 is 0 Å². The van der Waals surface area contributed by atoms with Crippen LogP contribution in [-0.2, 0) is 0 Å². The van der Waals surface area contributed by atoms with Gasteiger partial charge in [0.25, 0.3) is 0 Å². The molecule has 2 aliphatic heterocycles. The molecule has 0 saturated carbocycles. The number of rotatable bonds is 3.